The van der Waals surface area contributed by atoms with Crippen molar-refractivity contribution in [2.24, 2.45) is 0 Å². The van der Waals surface area contributed by atoms with Gasteiger partial charge in [0.25, 0.3) is 0 Å². The van der Waals surface area contributed by atoms with E-state index in [1.54, 1.807) is 0 Å². The molecule has 4 aromatic heterocycles. The summed E-state index contributed by atoms with van der Waals surface area (Å²) in [5.41, 5.74) is 12.5. The quantitative estimate of drug-likeness (QED) is 0.185. The summed E-state index contributed by atoms with van der Waals surface area (Å²) in [5.74, 6) is 1.89. The average molecular weight is 682 g/mol. The zero-order valence-electron chi connectivity index (χ0n) is 29.1. The molecule has 10 aromatic rings. The van der Waals surface area contributed by atoms with E-state index in [2.05, 4.69) is 115 Å². The summed E-state index contributed by atoms with van der Waals surface area (Å²) in [7, 11) is 0. The molecule has 6 nitrogen and oxygen atoms in total. The largest absolute Gasteiger partial charge is 0.456 e. The maximum Gasteiger partial charge on any atom is 0.164 e. The van der Waals surface area contributed by atoms with Crippen LogP contribution in [-0.4, -0.2) is 24.5 Å². The van der Waals surface area contributed by atoms with Gasteiger partial charge in [0.1, 0.15) is 16.8 Å². The second kappa shape index (κ2) is 11.0. The van der Waals surface area contributed by atoms with Crippen molar-refractivity contribution in [3.05, 3.63) is 163 Å². The van der Waals surface area contributed by atoms with Gasteiger partial charge in [0.2, 0.25) is 0 Å². The summed E-state index contributed by atoms with van der Waals surface area (Å²) in [6.45, 7) is 4.59. The van der Waals surface area contributed by atoms with E-state index in [4.69, 9.17) is 24.4 Å². The van der Waals surface area contributed by atoms with Gasteiger partial charge in [0.15, 0.2) is 17.5 Å². The Morgan fingerprint density at radius 3 is 2.06 bits per heavy atom. The van der Waals surface area contributed by atoms with E-state index in [1.165, 1.54) is 27.6 Å². The number of hydrogen-bond acceptors (Lipinski definition) is 5. The fourth-order valence-electron chi connectivity index (χ4n) is 8.30. The first-order chi connectivity index (χ1) is 26.0. The predicted molar refractivity (Wildman–Crippen MR) is 213 cm³/mol. The maximum absolute atomic E-state index is 6.49. The highest BCUT2D eigenvalue weighted by molar-refractivity contribution is 6.09. The average Bonchev–Trinajstić information content (AvgIpc) is 3.82. The smallest absolute Gasteiger partial charge is 0.164 e. The maximum atomic E-state index is 6.49. The predicted octanol–water partition coefficient (Wildman–Crippen LogP) is 11.6. The van der Waals surface area contributed by atoms with Crippen LogP contribution in [0.4, 0.5) is 0 Å². The van der Waals surface area contributed by atoms with Crippen molar-refractivity contribution >= 4 is 43.9 Å². The Kier molecular flexibility index (Phi) is 6.20. The van der Waals surface area contributed by atoms with Crippen molar-refractivity contribution in [1.29, 1.82) is 0 Å². The fraction of sp³-hybridized carbons (Fsp3) is 0.0638. The number of rotatable bonds is 4. The molecule has 0 saturated heterocycles. The molecule has 0 radical (unpaired) electrons. The molecular formula is C47H31N5O. The summed E-state index contributed by atoms with van der Waals surface area (Å²) >= 11 is 0. The zero-order valence-corrected chi connectivity index (χ0v) is 29.1. The molecule has 0 spiro atoms. The minimum atomic E-state index is -0.134. The third kappa shape index (κ3) is 4.45. The first-order valence-electron chi connectivity index (χ1n) is 17.9. The minimum absolute atomic E-state index is 0.134. The summed E-state index contributed by atoms with van der Waals surface area (Å²) in [6.07, 6.45) is 1.85. The highest BCUT2D eigenvalue weighted by Gasteiger charge is 2.35. The number of fused-ring (bicyclic) bond motifs is 9. The van der Waals surface area contributed by atoms with E-state index in [1.807, 2.05) is 54.7 Å². The molecule has 1 aliphatic rings. The van der Waals surface area contributed by atoms with Gasteiger partial charge in [-0.1, -0.05) is 98.8 Å². The number of pyridine rings is 1. The fourth-order valence-corrected chi connectivity index (χ4v) is 8.30. The summed E-state index contributed by atoms with van der Waals surface area (Å²) < 4.78 is 8.70. The molecule has 0 aliphatic heterocycles. The molecular weight excluding hydrogens is 651 g/mol. The number of hydrogen-bond donors (Lipinski definition) is 0. The van der Waals surface area contributed by atoms with Crippen molar-refractivity contribution in [3.8, 4) is 51.0 Å². The molecule has 0 bridgehead atoms. The lowest BCUT2D eigenvalue weighted by molar-refractivity contribution is 0.660. The van der Waals surface area contributed by atoms with Gasteiger partial charge in [-0.25, -0.2) is 19.9 Å². The Labute approximate surface area is 305 Å². The van der Waals surface area contributed by atoms with Gasteiger partial charge < -0.3 is 4.42 Å². The first-order valence-corrected chi connectivity index (χ1v) is 17.9. The lowest BCUT2D eigenvalue weighted by atomic mass is 9.82. The van der Waals surface area contributed by atoms with Crippen molar-refractivity contribution in [3.63, 3.8) is 0 Å². The van der Waals surface area contributed by atoms with E-state index in [-0.39, 0.29) is 5.41 Å². The minimum Gasteiger partial charge on any atom is -0.456 e. The number of nitrogens with zero attached hydrogens (tertiary/aromatic N) is 5. The monoisotopic (exact) mass is 681 g/mol. The van der Waals surface area contributed by atoms with Crippen LogP contribution in [0, 0.1) is 0 Å². The van der Waals surface area contributed by atoms with Gasteiger partial charge in [-0.15, -0.1) is 0 Å². The highest BCUT2D eigenvalue weighted by Crippen LogP contribution is 2.49. The Morgan fingerprint density at radius 2 is 1.19 bits per heavy atom. The van der Waals surface area contributed by atoms with Gasteiger partial charge in [-0.05, 0) is 76.9 Å². The van der Waals surface area contributed by atoms with Gasteiger partial charge in [-0.2, -0.15) is 0 Å². The van der Waals surface area contributed by atoms with Crippen LogP contribution in [0.2, 0.25) is 0 Å². The van der Waals surface area contributed by atoms with Crippen LogP contribution in [0.1, 0.15) is 25.0 Å². The van der Waals surface area contributed by atoms with E-state index in [0.717, 1.165) is 60.9 Å². The summed E-state index contributed by atoms with van der Waals surface area (Å²) in [6, 6.07) is 50.6. The molecule has 53 heavy (non-hydrogen) atoms. The zero-order chi connectivity index (χ0) is 35.3. The van der Waals surface area contributed by atoms with Crippen LogP contribution in [-0.2, 0) is 5.41 Å². The van der Waals surface area contributed by atoms with Crippen LogP contribution < -0.4 is 0 Å². The Morgan fingerprint density at radius 1 is 0.491 bits per heavy atom. The Balaban J connectivity index is 1.05. The van der Waals surface area contributed by atoms with Crippen molar-refractivity contribution in [2.75, 3.05) is 0 Å². The molecule has 6 aromatic carbocycles. The van der Waals surface area contributed by atoms with E-state index < -0.39 is 0 Å². The standard InChI is InChI=1S/C47H31N5O/c1-47(2)38-16-8-6-13-32(38)33-21-18-30(26-39(33)47)45-50-43(28-11-4-3-5-12-28)49-44(51-45)29-19-23-41-37(25-29)35-22-20-31(27-42(35)53-41)52-40-17-9-7-14-34(40)36-15-10-24-48-46(36)52/h3-27H,1-2H3. The molecule has 0 saturated carbocycles. The van der Waals surface area contributed by atoms with Crippen molar-refractivity contribution in [1.82, 2.24) is 24.5 Å². The third-order valence-electron chi connectivity index (χ3n) is 10.9. The van der Waals surface area contributed by atoms with Crippen molar-refractivity contribution in [2.45, 2.75) is 19.3 Å². The molecule has 0 atom stereocenters. The Hall–Kier alpha value is -6.92. The third-order valence-corrected chi connectivity index (χ3v) is 10.9. The van der Waals surface area contributed by atoms with E-state index in [0.29, 0.717) is 17.5 Å². The number of furan rings is 1. The molecule has 6 heteroatoms. The molecule has 0 N–H and O–H groups in total. The molecule has 0 unspecified atom stereocenters. The molecule has 1 aliphatic carbocycles. The van der Waals surface area contributed by atoms with Crippen molar-refractivity contribution < 1.29 is 4.42 Å². The lowest BCUT2D eigenvalue weighted by Gasteiger charge is -2.21. The number of benzene rings is 6. The molecule has 0 fully saturated rings. The van der Waals surface area contributed by atoms with Crippen LogP contribution >= 0.6 is 0 Å². The molecule has 0 amide bonds. The first kappa shape index (κ1) is 29.8. The number of aromatic nitrogens is 5. The number of para-hydroxylation sites is 1. The van der Waals surface area contributed by atoms with Crippen LogP contribution in [0.3, 0.4) is 0 Å². The van der Waals surface area contributed by atoms with Gasteiger partial charge in [0, 0.05) is 55.9 Å². The normalized spacial score (nSPS) is 13.2. The second-order valence-electron chi connectivity index (χ2n) is 14.3. The Bertz CT molecular complexity index is 3050. The van der Waals surface area contributed by atoms with Crippen LogP contribution in [0.5, 0.6) is 0 Å². The van der Waals surface area contributed by atoms with E-state index in [9.17, 15) is 0 Å². The molecule has 4 heterocycles. The van der Waals surface area contributed by atoms with Gasteiger partial charge in [0.05, 0.1) is 11.2 Å². The van der Waals surface area contributed by atoms with E-state index >= 15 is 0 Å². The van der Waals surface area contributed by atoms with Gasteiger partial charge in [-0.3, -0.25) is 4.57 Å². The summed E-state index contributed by atoms with van der Waals surface area (Å²) in [4.78, 5) is 20.0. The molecule has 11 rings (SSSR count). The summed E-state index contributed by atoms with van der Waals surface area (Å²) in [5, 5.41) is 4.32. The van der Waals surface area contributed by atoms with Crippen LogP contribution in [0.25, 0.3) is 94.9 Å². The SMILES string of the molecule is CC1(C)c2ccccc2-c2ccc(-c3nc(-c4ccccc4)nc(-c4ccc5oc6cc(-n7c8ccccc8c8cccnc87)ccc6c5c4)n3)cc21. The molecule has 250 valence electrons. The van der Waals surface area contributed by atoms with Gasteiger partial charge >= 0.3 is 0 Å². The lowest BCUT2D eigenvalue weighted by Crippen LogP contribution is -2.15. The highest BCUT2D eigenvalue weighted by atomic mass is 16.3. The second-order valence-corrected chi connectivity index (χ2v) is 14.3. The van der Waals surface area contributed by atoms with Crippen LogP contribution in [0.15, 0.2) is 156 Å². The topological polar surface area (TPSA) is 69.6 Å².